The maximum absolute atomic E-state index is 15.4. The van der Waals surface area contributed by atoms with E-state index in [9.17, 15) is 14.7 Å². The van der Waals surface area contributed by atoms with E-state index in [1.54, 1.807) is 6.07 Å². The summed E-state index contributed by atoms with van der Waals surface area (Å²) in [5, 5.41) is 12.5. The molecule has 188 valence electrons. The van der Waals surface area contributed by atoms with Crippen molar-refractivity contribution < 1.29 is 19.1 Å². The van der Waals surface area contributed by atoms with Crippen LogP contribution in [0.15, 0.2) is 36.4 Å². The first-order valence-corrected chi connectivity index (χ1v) is 12.9. The fraction of sp³-hybridized carbons (Fsp3) is 0.517. The fourth-order valence-corrected chi connectivity index (χ4v) is 5.33. The molecule has 0 bridgehead atoms. The lowest BCUT2D eigenvalue weighted by molar-refractivity contribution is -0.138. The van der Waals surface area contributed by atoms with E-state index in [1.807, 2.05) is 31.2 Å². The highest BCUT2D eigenvalue weighted by molar-refractivity contribution is 5.96. The summed E-state index contributed by atoms with van der Waals surface area (Å²) in [5.74, 6) is -1.97. The summed E-state index contributed by atoms with van der Waals surface area (Å²) in [6.45, 7) is 7.08. The van der Waals surface area contributed by atoms with Crippen molar-refractivity contribution in [3.05, 3.63) is 58.9 Å². The van der Waals surface area contributed by atoms with Crippen molar-refractivity contribution in [2.45, 2.75) is 77.7 Å². The molecule has 0 saturated heterocycles. The summed E-state index contributed by atoms with van der Waals surface area (Å²) in [7, 11) is 0. The monoisotopic (exact) mass is 480 g/mol. The van der Waals surface area contributed by atoms with Crippen LogP contribution < -0.4 is 10.2 Å². The van der Waals surface area contributed by atoms with Crippen LogP contribution in [0.3, 0.4) is 0 Å². The van der Waals surface area contributed by atoms with Gasteiger partial charge in [0.2, 0.25) is 5.91 Å². The number of carbonyl (C=O) groups excluding carboxylic acids is 1. The number of hydrogen-bond acceptors (Lipinski definition) is 3. The van der Waals surface area contributed by atoms with E-state index in [1.165, 1.54) is 12.5 Å². The van der Waals surface area contributed by atoms with Gasteiger partial charge in [0.15, 0.2) is 0 Å². The predicted octanol–water partition coefficient (Wildman–Crippen LogP) is 6.30. The van der Waals surface area contributed by atoms with Crippen LogP contribution in [0.2, 0.25) is 0 Å². The number of rotatable bonds is 9. The molecule has 2 aliphatic rings. The number of carboxylic acid groups (broad SMARTS) is 1. The number of nitrogens with zero attached hydrogens (tertiary/aromatic N) is 1. The molecule has 0 aromatic heterocycles. The molecule has 6 heteroatoms. The first kappa shape index (κ1) is 25.2. The Morgan fingerprint density at radius 3 is 2.40 bits per heavy atom. The van der Waals surface area contributed by atoms with E-state index >= 15 is 4.39 Å². The normalized spacial score (nSPS) is 20.0. The third kappa shape index (κ3) is 6.22. The quantitative estimate of drug-likeness (QED) is 0.442. The summed E-state index contributed by atoms with van der Waals surface area (Å²) in [6, 6.07) is 11.4. The van der Waals surface area contributed by atoms with E-state index < -0.39 is 11.9 Å². The van der Waals surface area contributed by atoms with Crippen molar-refractivity contribution in [1.82, 2.24) is 0 Å². The molecule has 2 aliphatic carbocycles. The summed E-state index contributed by atoms with van der Waals surface area (Å²) < 4.78 is 15.4. The van der Waals surface area contributed by atoms with Gasteiger partial charge in [0.05, 0.1) is 23.7 Å². The highest BCUT2D eigenvalue weighted by atomic mass is 19.1. The zero-order valence-electron chi connectivity index (χ0n) is 21.0. The highest BCUT2D eigenvalue weighted by Gasteiger charge is 2.46. The highest BCUT2D eigenvalue weighted by Crippen LogP contribution is 2.50. The van der Waals surface area contributed by atoms with E-state index in [2.05, 4.69) is 24.1 Å². The molecule has 35 heavy (non-hydrogen) atoms. The van der Waals surface area contributed by atoms with Gasteiger partial charge >= 0.3 is 5.97 Å². The Labute approximate surface area is 207 Å². The second kappa shape index (κ2) is 10.8. The number of nitrogens with one attached hydrogen (secondary N) is 1. The fourth-order valence-electron chi connectivity index (χ4n) is 5.33. The first-order valence-electron chi connectivity index (χ1n) is 12.9. The number of anilines is 2. The summed E-state index contributed by atoms with van der Waals surface area (Å²) >= 11 is 0. The molecule has 2 aromatic rings. The minimum absolute atomic E-state index is 0.161. The number of amides is 1. The molecule has 5 nitrogen and oxygen atoms in total. The molecule has 2 aromatic carbocycles. The standard InChI is InChI=1S/C29H37FN2O3/c1-18(2)17-32(21-7-5-4-6-8-21)27-16-25(30)23(22-14-24(22)29(34)35)15-26(27)31-28(33)13-20-11-9-19(3)10-12-20/h9-12,15-16,18,21-22,24H,4-8,13-14,17H2,1-3H3,(H,31,33)(H,34,35)/t22-,24-/m0/s1. The lowest BCUT2D eigenvalue weighted by Crippen LogP contribution is -2.40. The summed E-state index contributed by atoms with van der Waals surface area (Å²) in [6.07, 6.45) is 6.28. The van der Waals surface area contributed by atoms with Crippen molar-refractivity contribution in [2.75, 3.05) is 16.8 Å². The van der Waals surface area contributed by atoms with Crippen molar-refractivity contribution >= 4 is 23.3 Å². The Morgan fingerprint density at radius 1 is 1.11 bits per heavy atom. The maximum atomic E-state index is 15.4. The van der Waals surface area contributed by atoms with Crippen LogP contribution in [0.5, 0.6) is 0 Å². The minimum Gasteiger partial charge on any atom is -0.481 e. The molecule has 0 heterocycles. The van der Waals surface area contributed by atoms with Crippen LogP contribution >= 0.6 is 0 Å². The molecular formula is C29H37FN2O3. The molecule has 2 N–H and O–H groups in total. The molecule has 0 unspecified atom stereocenters. The Morgan fingerprint density at radius 2 is 1.80 bits per heavy atom. The van der Waals surface area contributed by atoms with E-state index in [4.69, 9.17) is 0 Å². The minimum atomic E-state index is -0.896. The topological polar surface area (TPSA) is 69.6 Å². The molecule has 0 spiro atoms. The van der Waals surface area contributed by atoms with Crippen LogP contribution in [0.4, 0.5) is 15.8 Å². The van der Waals surface area contributed by atoms with Gasteiger partial charge in [-0.15, -0.1) is 0 Å². The third-order valence-corrected chi connectivity index (χ3v) is 7.27. The number of carboxylic acids is 1. The van der Waals surface area contributed by atoms with Crippen LogP contribution in [-0.2, 0) is 16.0 Å². The van der Waals surface area contributed by atoms with Crippen LogP contribution in [0, 0.1) is 24.6 Å². The van der Waals surface area contributed by atoms with Crippen molar-refractivity contribution in [2.24, 2.45) is 11.8 Å². The Balaban J connectivity index is 1.67. The first-order chi connectivity index (χ1) is 16.7. The molecule has 4 rings (SSSR count). The Hall–Kier alpha value is -2.89. The number of hydrogen-bond donors (Lipinski definition) is 2. The number of halogens is 1. The SMILES string of the molecule is Cc1ccc(CC(=O)Nc2cc([C@@H]3C[C@@H]3C(=O)O)c(F)cc2N(CC(C)C)C2CCCCC2)cc1. The van der Waals surface area contributed by atoms with Crippen molar-refractivity contribution in [3.8, 4) is 0 Å². The Kier molecular flexibility index (Phi) is 7.78. The van der Waals surface area contributed by atoms with Gasteiger partial charge in [0.25, 0.3) is 0 Å². The van der Waals surface area contributed by atoms with Crippen LogP contribution in [0.25, 0.3) is 0 Å². The van der Waals surface area contributed by atoms with Gasteiger partial charge in [-0.2, -0.15) is 0 Å². The van der Waals surface area contributed by atoms with Gasteiger partial charge in [-0.25, -0.2) is 4.39 Å². The molecule has 2 fully saturated rings. The van der Waals surface area contributed by atoms with Gasteiger partial charge in [-0.1, -0.05) is 62.9 Å². The number of benzene rings is 2. The van der Waals surface area contributed by atoms with E-state index in [-0.39, 0.29) is 24.1 Å². The largest absolute Gasteiger partial charge is 0.481 e. The van der Waals surface area contributed by atoms with Gasteiger partial charge in [0.1, 0.15) is 5.82 Å². The molecular weight excluding hydrogens is 443 g/mol. The molecule has 2 atom stereocenters. The third-order valence-electron chi connectivity index (χ3n) is 7.27. The van der Waals surface area contributed by atoms with Crippen molar-refractivity contribution in [1.29, 1.82) is 0 Å². The van der Waals surface area contributed by atoms with E-state index in [0.29, 0.717) is 35.3 Å². The second-order valence-electron chi connectivity index (χ2n) is 10.7. The van der Waals surface area contributed by atoms with Crippen LogP contribution in [-0.4, -0.2) is 29.6 Å². The molecule has 1 amide bonds. The van der Waals surface area contributed by atoms with Crippen LogP contribution in [0.1, 0.15) is 75.0 Å². The van der Waals surface area contributed by atoms with Gasteiger partial charge in [0, 0.05) is 18.5 Å². The van der Waals surface area contributed by atoms with Gasteiger partial charge in [-0.05, 0) is 55.4 Å². The molecule has 2 saturated carbocycles. The zero-order chi connectivity index (χ0) is 25.1. The van der Waals surface area contributed by atoms with Gasteiger partial charge < -0.3 is 15.3 Å². The molecule has 0 aliphatic heterocycles. The average molecular weight is 481 g/mol. The summed E-state index contributed by atoms with van der Waals surface area (Å²) in [5.41, 5.74) is 3.72. The smallest absolute Gasteiger partial charge is 0.307 e. The Bertz CT molecular complexity index is 1060. The van der Waals surface area contributed by atoms with Gasteiger partial charge in [-0.3, -0.25) is 9.59 Å². The number of aryl methyl sites for hydroxylation is 1. The molecule has 0 radical (unpaired) electrons. The lowest BCUT2D eigenvalue weighted by atomic mass is 9.92. The van der Waals surface area contributed by atoms with Crippen molar-refractivity contribution in [3.63, 3.8) is 0 Å². The predicted molar refractivity (Wildman–Crippen MR) is 137 cm³/mol. The second-order valence-corrected chi connectivity index (χ2v) is 10.7. The maximum Gasteiger partial charge on any atom is 0.307 e. The average Bonchev–Trinajstić information content (AvgIpc) is 3.62. The number of aliphatic carboxylic acids is 1. The van der Waals surface area contributed by atoms with E-state index in [0.717, 1.165) is 43.4 Å². The summed E-state index contributed by atoms with van der Waals surface area (Å²) in [4.78, 5) is 26.8. The zero-order valence-corrected chi connectivity index (χ0v) is 21.0. The lowest BCUT2D eigenvalue weighted by Gasteiger charge is -2.38. The number of carbonyl (C=O) groups is 2.